The number of carbonyl (C=O) groups excluding carboxylic acids is 1. The minimum Gasteiger partial charge on any atom is -0.350 e. The molecule has 5 nitrogen and oxygen atoms in total. The van der Waals surface area contributed by atoms with Crippen LogP contribution in [0.5, 0.6) is 0 Å². The van der Waals surface area contributed by atoms with Crippen LogP contribution in [0, 0.1) is 5.92 Å². The number of aromatic nitrogens is 2. The van der Waals surface area contributed by atoms with Gasteiger partial charge in [-0.1, -0.05) is 37.0 Å². The van der Waals surface area contributed by atoms with E-state index in [1.807, 2.05) is 13.8 Å². The van der Waals surface area contributed by atoms with Crippen molar-refractivity contribution in [3.05, 3.63) is 46.1 Å². The van der Waals surface area contributed by atoms with Gasteiger partial charge in [0.2, 0.25) is 0 Å². The van der Waals surface area contributed by atoms with E-state index in [4.69, 9.17) is 23.2 Å². The summed E-state index contributed by atoms with van der Waals surface area (Å²) in [5.41, 5.74) is 0.936. The second-order valence-electron chi connectivity index (χ2n) is 5.16. The molecule has 116 valence electrons. The summed E-state index contributed by atoms with van der Waals surface area (Å²) in [7, 11) is 0. The number of nitrogens with one attached hydrogen (secondary N) is 2. The molecule has 2 aromatic rings. The molecule has 0 aliphatic heterocycles. The van der Waals surface area contributed by atoms with Crippen molar-refractivity contribution < 1.29 is 4.79 Å². The van der Waals surface area contributed by atoms with Crippen molar-refractivity contribution in [1.82, 2.24) is 15.5 Å². The van der Waals surface area contributed by atoms with E-state index in [9.17, 15) is 4.79 Å². The summed E-state index contributed by atoms with van der Waals surface area (Å²) >= 11 is 11.9. The highest BCUT2D eigenvalue weighted by molar-refractivity contribution is 6.36. The normalized spacial score (nSPS) is 10.6. The average molecular weight is 339 g/mol. The maximum atomic E-state index is 11.8. The second kappa shape index (κ2) is 7.42. The third-order valence-electron chi connectivity index (χ3n) is 2.76. The Kier molecular flexibility index (Phi) is 5.57. The van der Waals surface area contributed by atoms with Crippen LogP contribution in [0.25, 0.3) is 0 Å². The first-order chi connectivity index (χ1) is 10.5. The molecule has 0 spiro atoms. The average Bonchev–Trinajstić information content (AvgIpc) is 2.48. The van der Waals surface area contributed by atoms with Gasteiger partial charge < -0.3 is 10.6 Å². The zero-order chi connectivity index (χ0) is 16.1. The highest BCUT2D eigenvalue weighted by Gasteiger charge is 2.09. The first kappa shape index (κ1) is 16.5. The van der Waals surface area contributed by atoms with Gasteiger partial charge in [-0.15, -0.1) is 10.2 Å². The Hall–Kier alpha value is -1.85. The molecule has 1 aromatic heterocycles. The van der Waals surface area contributed by atoms with Crippen LogP contribution in [0.4, 0.5) is 11.5 Å². The van der Waals surface area contributed by atoms with E-state index in [2.05, 4.69) is 20.8 Å². The van der Waals surface area contributed by atoms with Crippen LogP contribution in [-0.2, 0) is 0 Å². The third-order valence-corrected chi connectivity index (χ3v) is 3.31. The summed E-state index contributed by atoms with van der Waals surface area (Å²) in [4.78, 5) is 11.8. The van der Waals surface area contributed by atoms with Gasteiger partial charge in [0, 0.05) is 11.6 Å². The van der Waals surface area contributed by atoms with Crippen LogP contribution in [0.1, 0.15) is 24.3 Å². The van der Waals surface area contributed by atoms with E-state index in [0.29, 0.717) is 34.0 Å². The van der Waals surface area contributed by atoms with E-state index in [0.717, 1.165) is 0 Å². The monoisotopic (exact) mass is 338 g/mol. The molecule has 2 rings (SSSR count). The highest BCUT2D eigenvalue weighted by atomic mass is 35.5. The lowest BCUT2D eigenvalue weighted by Gasteiger charge is -2.09. The summed E-state index contributed by atoms with van der Waals surface area (Å²) in [5, 5.41) is 14.7. The summed E-state index contributed by atoms with van der Waals surface area (Å²) in [6.07, 6.45) is 0. The smallest absolute Gasteiger partial charge is 0.271 e. The molecule has 1 amide bonds. The van der Waals surface area contributed by atoms with Crippen molar-refractivity contribution in [3.63, 3.8) is 0 Å². The lowest BCUT2D eigenvalue weighted by molar-refractivity contribution is 0.0943. The van der Waals surface area contributed by atoms with Crippen LogP contribution in [-0.4, -0.2) is 22.6 Å². The van der Waals surface area contributed by atoms with E-state index in [-0.39, 0.29) is 11.6 Å². The summed E-state index contributed by atoms with van der Waals surface area (Å²) < 4.78 is 0. The van der Waals surface area contributed by atoms with Gasteiger partial charge in [0.15, 0.2) is 11.5 Å². The van der Waals surface area contributed by atoms with Gasteiger partial charge >= 0.3 is 0 Å². The summed E-state index contributed by atoms with van der Waals surface area (Å²) in [6, 6.07) is 8.37. The number of carbonyl (C=O) groups is 1. The van der Waals surface area contributed by atoms with Gasteiger partial charge in [0.05, 0.1) is 10.7 Å². The Morgan fingerprint density at radius 3 is 2.55 bits per heavy atom. The Morgan fingerprint density at radius 1 is 1.18 bits per heavy atom. The van der Waals surface area contributed by atoms with E-state index in [1.54, 1.807) is 30.3 Å². The van der Waals surface area contributed by atoms with Gasteiger partial charge in [-0.3, -0.25) is 4.79 Å². The van der Waals surface area contributed by atoms with Crippen molar-refractivity contribution >= 4 is 40.6 Å². The lowest BCUT2D eigenvalue weighted by Crippen LogP contribution is -2.28. The fourth-order valence-electron chi connectivity index (χ4n) is 1.64. The molecule has 7 heteroatoms. The van der Waals surface area contributed by atoms with Crippen LogP contribution in [0.3, 0.4) is 0 Å². The second-order valence-corrected chi connectivity index (χ2v) is 6.00. The predicted octanol–water partition coefficient (Wildman–Crippen LogP) is 3.91. The van der Waals surface area contributed by atoms with Crippen molar-refractivity contribution in [1.29, 1.82) is 0 Å². The molecular weight excluding hydrogens is 323 g/mol. The number of nitrogens with zero attached hydrogens (tertiary/aromatic N) is 2. The van der Waals surface area contributed by atoms with Crippen molar-refractivity contribution in [2.75, 3.05) is 11.9 Å². The van der Waals surface area contributed by atoms with Crippen molar-refractivity contribution in [2.45, 2.75) is 13.8 Å². The van der Waals surface area contributed by atoms with Gasteiger partial charge in [0.1, 0.15) is 0 Å². The summed E-state index contributed by atoms with van der Waals surface area (Å²) in [5.74, 6) is 0.631. The zero-order valence-electron chi connectivity index (χ0n) is 12.2. The van der Waals surface area contributed by atoms with Crippen LogP contribution in [0.2, 0.25) is 10.0 Å². The van der Waals surface area contributed by atoms with Crippen molar-refractivity contribution in [2.24, 2.45) is 5.92 Å². The minimum atomic E-state index is -0.239. The molecule has 22 heavy (non-hydrogen) atoms. The fourth-order valence-corrected chi connectivity index (χ4v) is 2.09. The Morgan fingerprint density at radius 2 is 1.95 bits per heavy atom. The van der Waals surface area contributed by atoms with Crippen LogP contribution >= 0.6 is 23.2 Å². The molecule has 0 saturated heterocycles. The molecule has 0 aliphatic carbocycles. The number of hydrogen-bond donors (Lipinski definition) is 2. The first-order valence-corrected chi connectivity index (χ1v) is 7.55. The Labute approximate surface area is 139 Å². The maximum absolute atomic E-state index is 11.8. The Balaban J connectivity index is 2.04. The van der Waals surface area contributed by atoms with E-state index < -0.39 is 0 Å². The standard InChI is InChI=1S/C15H16Cl2N4O/c1-9(2)8-18-15(22)13-5-6-14(21-20-13)19-12-4-3-10(16)7-11(12)17/h3-7,9H,8H2,1-2H3,(H,18,22)(H,19,21). The third kappa shape index (κ3) is 4.58. The number of rotatable bonds is 5. The Bertz CT molecular complexity index is 659. The number of halogens is 2. The van der Waals surface area contributed by atoms with Gasteiger partial charge in [-0.25, -0.2) is 0 Å². The molecule has 1 aromatic carbocycles. The molecule has 0 aliphatic rings. The molecule has 1 heterocycles. The molecule has 0 saturated carbocycles. The van der Waals surface area contributed by atoms with Gasteiger partial charge in [0.25, 0.3) is 5.91 Å². The molecule has 0 radical (unpaired) electrons. The maximum Gasteiger partial charge on any atom is 0.271 e. The minimum absolute atomic E-state index is 0.239. The quantitative estimate of drug-likeness (QED) is 0.867. The molecule has 2 N–H and O–H groups in total. The molecular formula is C15H16Cl2N4O. The topological polar surface area (TPSA) is 66.9 Å². The predicted molar refractivity (Wildman–Crippen MR) is 88.9 cm³/mol. The van der Waals surface area contributed by atoms with Crippen LogP contribution in [0.15, 0.2) is 30.3 Å². The lowest BCUT2D eigenvalue weighted by atomic mass is 10.2. The van der Waals surface area contributed by atoms with E-state index in [1.165, 1.54) is 0 Å². The molecule has 0 atom stereocenters. The number of hydrogen-bond acceptors (Lipinski definition) is 4. The fraction of sp³-hybridized carbons (Fsp3) is 0.267. The van der Waals surface area contributed by atoms with E-state index >= 15 is 0 Å². The summed E-state index contributed by atoms with van der Waals surface area (Å²) in [6.45, 7) is 4.64. The highest BCUT2D eigenvalue weighted by Crippen LogP contribution is 2.27. The van der Waals surface area contributed by atoms with Gasteiger partial charge in [-0.05, 0) is 36.2 Å². The SMILES string of the molecule is CC(C)CNC(=O)c1ccc(Nc2ccc(Cl)cc2Cl)nn1. The number of amides is 1. The van der Waals surface area contributed by atoms with Gasteiger partial charge in [-0.2, -0.15) is 0 Å². The molecule has 0 unspecified atom stereocenters. The largest absolute Gasteiger partial charge is 0.350 e. The van der Waals surface area contributed by atoms with Crippen molar-refractivity contribution in [3.8, 4) is 0 Å². The molecule has 0 fully saturated rings. The molecule has 0 bridgehead atoms. The van der Waals surface area contributed by atoms with Crippen LogP contribution < -0.4 is 10.6 Å². The number of benzene rings is 1. The number of anilines is 2. The first-order valence-electron chi connectivity index (χ1n) is 6.79. The zero-order valence-corrected chi connectivity index (χ0v) is 13.7.